The van der Waals surface area contributed by atoms with Gasteiger partial charge < -0.3 is 16.2 Å². The van der Waals surface area contributed by atoms with Crippen LogP contribution in [0.1, 0.15) is 38.1 Å². The lowest BCUT2D eigenvalue weighted by Crippen LogP contribution is -2.26. The summed E-state index contributed by atoms with van der Waals surface area (Å²) in [7, 11) is 0. The third-order valence-corrected chi connectivity index (χ3v) is 5.52. The van der Waals surface area contributed by atoms with Crippen LogP contribution in [-0.2, 0) is 0 Å². The largest absolute Gasteiger partial charge is 0.382 e. The van der Waals surface area contributed by atoms with E-state index in [1.54, 1.807) is 24.5 Å². The van der Waals surface area contributed by atoms with Crippen molar-refractivity contribution in [2.75, 3.05) is 11.1 Å². The van der Waals surface area contributed by atoms with Gasteiger partial charge in [0, 0.05) is 11.4 Å². The number of benzene rings is 2. The molecule has 172 valence electrons. The molecule has 34 heavy (non-hydrogen) atoms. The molecule has 2 aromatic heterocycles. The van der Waals surface area contributed by atoms with Crippen molar-refractivity contribution in [2.24, 2.45) is 0 Å². The number of aliphatic hydroxyl groups is 1. The smallest absolute Gasteiger partial charge is 0.264 e. The van der Waals surface area contributed by atoms with E-state index < -0.39 is 5.60 Å². The molecule has 1 unspecified atom stereocenters. The molecule has 0 bridgehead atoms. The Bertz CT molecular complexity index is 1480. The number of nitrogens with zero attached hydrogens (tertiary/aromatic N) is 3. The van der Waals surface area contributed by atoms with Gasteiger partial charge in [-0.1, -0.05) is 53.8 Å². The Balaban J connectivity index is 1.88. The predicted octanol–water partition coefficient (Wildman–Crippen LogP) is 4.31. The minimum atomic E-state index is -1.21. The van der Waals surface area contributed by atoms with Crippen LogP contribution in [0, 0.1) is 11.8 Å². The first-order valence-electron chi connectivity index (χ1n) is 10.7. The highest BCUT2D eigenvalue weighted by molar-refractivity contribution is 6.35. The van der Waals surface area contributed by atoms with Crippen molar-refractivity contribution in [2.45, 2.75) is 32.4 Å². The van der Waals surface area contributed by atoms with Gasteiger partial charge in [0.25, 0.3) is 5.56 Å². The first-order valence-corrected chi connectivity index (χ1v) is 11.1. The number of para-hydroxylation sites is 1. The van der Waals surface area contributed by atoms with Gasteiger partial charge in [-0.2, -0.15) is 0 Å². The number of nitrogens with two attached hydrogens (primary N) is 1. The monoisotopic (exact) mass is 473 g/mol. The number of pyridine rings is 1. The lowest BCUT2D eigenvalue weighted by molar-refractivity contribution is 0.143. The van der Waals surface area contributed by atoms with E-state index in [-0.39, 0.29) is 17.4 Å². The van der Waals surface area contributed by atoms with E-state index in [4.69, 9.17) is 17.3 Å². The van der Waals surface area contributed by atoms with Crippen molar-refractivity contribution in [3.8, 4) is 17.5 Å². The summed E-state index contributed by atoms with van der Waals surface area (Å²) in [6.07, 6.45) is 1.34. The van der Waals surface area contributed by atoms with Crippen molar-refractivity contribution in [3.63, 3.8) is 0 Å². The van der Waals surface area contributed by atoms with Gasteiger partial charge in [0.05, 0.1) is 16.5 Å². The molecule has 8 heteroatoms. The maximum Gasteiger partial charge on any atom is 0.264 e. The van der Waals surface area contributed by atoms with Crippen molar-refractivity contribution in [1.29, 1.82) is 0 Å². The first kappa shape index (κ1) is 23.3. The minimum Gasteiger partial charge on any atom is -0.382 e. The van der Waals surface area contributed by atoms with Crippen LogP contribution in [0.2, 0.25) is 5.02 Å². The van der Waals surface area contributed by atoms with E-state index in [2.05, 4.69) is 27.1 Å². The van der Waals surface area contributed by atoms with Gasteiger partial charge in [0.1, 0.15) is 29.1 Å². The summed E-state index contributed by atoms with van der Waals surface area (Å²) < 4.78 is 1.64. The highest BCUT2D eigenvalue weighted by Crippen LogP contribution is 2.28. The van der Waals surface area contributed by atoms with Crippen LogP contribution in [0.5, 0.6) is 0 Å². The number of halogens is 1. The summed E-state index contributed by atoms with van der Waals surface area (Å²) in [5.41, 5.74) is 6.40. The molecule has 2 heterocycles. The molecule has 0 radical (unpaired) electrons. The van der Waals surface area contributed by atoms with E-state index in [1.165, 1.54) is 6.33 Å². The van der Waals surface area contributed by atoms with E-state index in [1.807, 2.05) is 55.5 Å². The zero-order chi connectivity index (χ0) is 24.5. The van der Waals surface area contributed by atoms with Crippen LogP contribution >= 0.6 is 11.6 Å². The van der Waals surface area contributed by atoms with Crippen LogP contribution in [0.15, 0.2) is 65.7 Å². The van der Waals surface area contributed by atoms with Crippen LogP contribution < -0.4 is 16.6 Å². The number of hydrogen-bond acceptors (Lipinski definition) is 6. The number of aromatic nitrogens is 3. The lowest BCUT2D eigenvalue weighted by atomic mass is 10.1. The van der Waals surface area contributed by atoms with Gasteiger partial charge in [-0.25, -0.2) is 9.97 Å². The van der Waals surface area contributed by atoms with E-state index in [0.717, 1.165) is 5.39 Å². The van der Waals surface area contributed by atoms with Gasteiger partial charge >= 0.3 is 0 Å². The normalized spacial score (nSPS) is 12.1. The van der Waals surface area contributed by atoms with Gasteiger partial charge in [-0.3, -0.25) is 9.36 Å². The molecule has 0 amide bonds. The van der Waals surface area contributed by atoms with Gasteiger partial charge in [0.2, 0.25) is 0 Å². The molecule has 0 saturated carbocycles. The average Bonchev–Trinajstić information content (AvgIpc) is 2.78. The molecule has 2 aromatic carbocycles. The highest BCUT2D eigenvalue weighted by atomic mass is 35.5. The molecule has 0 aliphatic rings. The number of hydrogen-bond donors (Lipinski definition) is 3. The standard InChI is InChI=1S/C26H24ClN5O2/c1-16(31-24-19(12-13-26(2,3)34)23(28)29-15-30-24)21-14-17-8-7-11-20(27)22(17)25(33)32(21)18-9-5-4-6-10-18/h4-11,14-16,34H,1-3H3,(H3,28,29,30,31). The van der Waals surface area contributed by atoms with E-state index >= 15 is 0 Å². The SMILES string of the molecule is CC(Nc1ncnc(N)c1C#CC(C)(C)O)c1cc2cccc(Cl)c2c(=O)n1-c1ccccc1. The highest BCUT2D eigenvalue weighted by Gasteiger charge is 2.19. The molecule has 0 spiro atoms. The third kappa shape index (κ3) is 4.74. The Morgan fingerprint density at radius 3 is 2.59 bits per heavy atom. The molecule has 0 saturated heterocycles. The first-order chi connectivity index (χ1) is 16.2. The summed E-state index contributed by atoms with van der Waals surface area (Å²) in [5, 5.41) is 14.9. The number of nitrogens with one attached hydrogen (secondary N) is 1. The summed E-state index contributed by atoms with van der Waals surface area (Å²) in [4.78, 5) is 22.0. The second kappa shape index (κ2) is 9.18. The van der Waals surface area contributed by atoms with Crippen molar-refractivity contribution in [3.05, 3.63) is 87.6 Å². The topological polar surface area (TPSA) is 106 Å². The van der Waals surface area contributed by atoms with E-state index in [0.29, 0.717) is 33.2 Å². The van der Waals surface area contributed by atoms with Crippen LogP contribution in [-0.4, -0.2) is 25.2 Å². The Morgan fingerprint density at radius 1 is 1.15 bits per heavy atom. The van der Waals surface area contributed by atoms with Crippen molar-refractivity contribution >= 4 is 34.0 Å². The minimum absolute atomic E-state index is 0.187. The molecule has 4 aromatic rings. The Kier molecular flexibility index (Phi) is 6.29. The molecule has 4 rings (SSSR count). The summed E-state index contributed by atoms with van der Waals surface area (Å²) in [6.45, 7) is 5.07. The number of anilines is 2. The Morgan fingerprint density at radius 2 is 1.88 bits per heavy atom. The molecule has 4 N–H and O–H groups in total. The van der Waals surface area contributed by atoms with Gasteiger partial charge in [-0.15, -0.1) is 0 Å². The van der Waals surface area contributed by atoms with E-state index in [9.17, 15) is 9.90 Å². The fraction of sp³-hybridized carbons (Fsp3) is 0.192. The van der Waals surface area contributed by atoms with Crippen LogP contribution in [0.4, 0.5) is 11.6 Å². The molecule has 1 atom stereocenters. The second-order valence-electron chi connectivity index (χ2n) is 8.41. The predicted molar refractivity (Wildman–Crippen MR) is 136 cm³/mol. The molecule has 0 fully saturated rings. The number of rotatable bonds is 4. The summed E-state index contributed by atoms with van der Waals surface area (Å²) in [6, 6.07) is 16.3. The quantitative estimate of drug-likeness (QED) is 0.381. The van der Waals surface area contributed by atoms with Crippen LogP contribution in [0.25, 0.3) is 16.5 Å². The molecular formula is C26H24ClN5O2. The molecule has 7 nitrogen and oxygen atoms in total. The fourth-order valence-corrected chi connectivity index (χ4v) is 3.89. The fourth-order valence-electron chi connectivity index (χ4n) is 3.63. The summed E-state index contributed by atoms with van der Waals surface area (Å²) in [5.74, 6) is 6.20. The number of fused-ring (bicyclic) bond motifs is 1. The lowest BCUT2D eigenvalue weighted by Gasteiger charge is -2.22. The molecular weight excluding hydrogens is 450 g/mol. The Hall–Kier alpha value is -3.86. The summed E-state index contributed by atoms with van der Waals surface area (Å²) >= 11 is 6.40. The second-order valence-corrected chi connectivity index (χ2v) is 8.81. The van der Waals surface area contributed by atoms with Crippen LogP contribution in [0.3, 0.4) is 0 Å². The van der Waals surface area contributed by atoms with Gasteiger partial charge in [-0.05, 0) is 50.4 Å². The van der Waals surface area contributed by atoms with Crippen molar-refractivity contribution in [1.82, 2.24) is 14.5 Å². The van der Waals surface area contributed by atoms with Gasteiger partial charge in [0.15, 0.2) is 0 Å². The third-order valence-electron chi connectivity index (χ3n) is 5.21. The molecule has 0 aliphatic carbocycles. The zero-order valence-corrected chi connectivity index (χ0v) is 19.8. The molecule has 0 aliphatic heterocycles. The van der Waals surface area contributed by atoms with Crippen molar-refractivity contribution < 1.29 is 5.11 Å². The maximum atomic E-state index is 13.6. The number of nitrogen functional groups attached to an aromatic ring is 1. The average molecular weight is 474 g/mol. The Labute approximate surface area is 202 Å². The maximum absolute atomic E-state index is 13.6. The zero-order valence-electron chi connectivity index (χ0n) is 19.0.